The van der Waals surface area contributed by atoms with Crippen LogP contribution in [0.1, 0.15) is 39.2 Å². The number of rotatable bonds is 8. The molecule has 0 aliphatic carbocycles. The molecule has 0 aromatic heterocycles. The summed E-state index contributed by atoms with van der Waals surface area (Å²) in [5.41, 5.74) is 0.0389. The molecule has 0 amide bonds. The Morgan fingerprint density at radius 3 is 2.22 bits per heavy atom. The Bertz CT molecular complexity index is 686. The van der Waals surface area contributed by atoms with Crippen molar-refractivity contribution in [2.24, 2.45) is 5.41 Å². The first-order chi connectivity index (χ1) is 12.6. The fraction of sp³-hybridized carbons (Fsp3) is 0.450. The van der Waals surface area contributed by atoms with Gasteiger partial charge in [0.2, 0.25) is 0 Å². The molecular formula is C20H26O7. The van der Waals surface area contributed by atoms with Gasteiger partial charge in [-0.25, -0.2) is 9.59 Å². The molecular weight excluding hydrogens is 352 g/mol. The van der Waals surface area contributed by atoms with E-state index in [4.69, 9.17) is 18.9 Å². The van der Waals surface area contributed by atoms with Crippen molar-refractivity contribution in [2.75, 3.05) is 13.2 Å². The molecule has 0 saturated carbocycles. The third kappa shape index (κ3) is 8.40. The molecule has 1 aromatic carbocycles. The van der Waals surface area contributed by atoms with Crippen LogP contribution in [0.3, 0.4) is 0 Å². The van der Waals surface area contributed by atoms with E-state index in [-0.39, 0.29) is 24.9 Å². The molecule has 148 valence electrons. The largest absolute Gasteiger partial charge is 0.513 e. The number of carbonyl (C=O) groups excluding carboxylic acids is 3. The number of hydrogen-bond acceptors (Lipinski definition) is 7. The number of carbonyl (C=O) groups is 3. The van der Waals surface area contributed by atoms with Gasteiger partial charge >= 0.3 is 18.1 Å². The summed E-state index contributed by atoms with van der Waals surface area (Å²) in [6, 6.07) is 4.67. The molecule has 0 saturated heterocycles. The minimum Gasteiger partial charge on any atom is -0.463 e. The highest BCUT2D eigenvalue weighted by atomic mass is 16.7. The van der Waals surface area contributed by atoms with Gasteiger partial charge in [-0.2, -0.15) is 0 Å². The van der Waals surface area contributed by atoms with E-state index in [1.807, 2.05) is 0 Å². The maximum Gasteiger partial charge on any atom is 0.513 e. The lowest BCUT2D eigenvalue weighted by Crippen LogP contribution is -2.25. The van der Waals surface area contributed by atoms with Crippen LogP contribution in [0.2, 0.25) is 0 Å². The van der Waals surface area contributed by atoms with Crippen LogP contribution in [-0.2, 0) is 19.1 Å². The molecule has 0 N–H and O–H groups in total. The molecule has 1 aromatic rings. The molecule has 7 heteroatoms. The Labute approximate surface area is 159 Å². The number of aryl methyl sites for hydroxylation is 1. The summed E-state index contributed by atoms with van der Waals surface area (Å²) >= 11 is 0. The summed E-state index contributed by atoms with van der Waals surface area (Å²) in [5, 5.41) is 0. The van der Waals surface area contributed by atoms with Crippen LogP contribution >= 0.6 is 0 Å². The highest BCUT2D eigenvalue weighted by Gasteiger charge is 2.24. The summed E-state index contributed by atoms with van der Waals surface area (Å²) in [7, 11) is 0. The normalized spacial score (nSPS) is 10.7. The van der Waals surface area contributed by atoms with E-state index in [1.54, 1.807) is 39.8 Å². The number of esters is 2. The number of unbranched alkanes of at least 4 members (excludes halogenated alkanes) is 1. The zero-order valence-corrected chi connectivity index (χ0v) is 16.2. The van der Waals surface area contributed by atoms with Crippen molar-refractivity contribution in [2.45, 2.75) is 40.5 Å². The highest BCUT2D eigenvalue weighted by Crippen LogP contribution is 2.26. The Balaban J connectivity index is 2.40. The van der Waals surface area contributed by atoms with Gasteiger partial charge in [-0.05, 0) is 64.3 Å². The van der Waals surface area contributed by atoms with Gasteiger partial charge in [-0.1, -0.05) is 6.58 Å². The van der Waals surface area contributed by atoms with Gasteiger partial charge in [-0.3, -0.25) is 4.79 Å². The number of benzene rings is 1. The molecule has 0 heterocycles. The van der Waals surface area contributed by atoms with Crippen LogP contribution in [0.25, 0.3) is 0 Å². The van der Waals surface area contributed by atoms with Crippen molar-refractivity contribution in [3.8, 4) is 11.5 Å². The summed E-state index contributed by atoms with van der Waals surface area (Å²) in [5.74, 6) is -0.141. The van der Waals surface area contributed by atoms with E-state index in [1.165, 1.54) is 6.07 Å². The zero-order valence-electron chi connectivity index (χ0n) is 16.2. The van der Waals surface area contributed by atoms with E-state index < -0.39 is 17.5 Å². The van der Waals surface area contributed by atoms with Crippen LogP contribution in [0.5, 0.6) is 11.5 Å². The quantitative estimate of drug-likeness (QED) is 0.222. The Morgan fingerprint density at radius 2 is 1.67 bits per heavy atom. The standard InChI is InChI=1S/C20H26O7/c1-6-17(21)24-11-7-8-12-25-19(23)26-15-9-10-16(14(2)13-15)27-18(22)20(3,4)5/h6,9-10,13H,1,7-8,11-12H2,2-5H3. The highest BCUT2D eigenvalue weighted by molar-refractivity contribution is 5.81. The number of hydrogen-bond donors (Lipinski definition) is 0. The van der Waals surface area contributed by atoms with Crippen molar-refractivity contribution in [1.29, 1.82) is 0 Å². The van der Waals surface area contributed by atoms with Crippen molar-refractivity contribution in [1.82, 2.24) is 0 Å². The van der Waals surface area contributed by atoms with Gasteiger partial charge in [0.15, 0.2) is 0 Å². The van der Waals surface area contributed by atoms with Crippen molar-refractivity contribution >= 4 is 18.1 Å². The molecule has 0 atom stereocenters. The minimum absolute atomic E-state index is 0.144. The molecule has 0 aliphatic heterocycles. The lowest BCUT2D eigenvalue weighted by atomic mass is 9.97. The monoisotopic (exact) mass is 378 g/mol. The molecule has 1 rings (SSSR count). The van der Waals surface area contributed by atoms with Crippen molar-refractivity contribution in [3.05, 3.63) is 36.4 Å². The van der Waals surface area contributed by atoms with Crippen LogP contribution in [-0.4, -0.2) is 31.3 Å². The van der Waals surface area contributed by atoms with Gasteiger partial charge < -0.3 is 18.9 Å². The predicted molar refractivity (Wildman–Crippen MR) is 98.6 cm³/mol. The van der Waals surface area contributed by atoms with E-state index >= 15 is 0 Å². The second kappa shape index (κ2) is 10.4. The number of ether oxygens (including phenoxy) is 4. The van der Waals surface area contributed by atoms with Gasteiger partial charge in [0.1, 0.15) is 11.5 Å². The first-order valence-corrected chi connectivity index (χ1v) is 8.60. The topological polar surface area (TPSA) is 88.1 Å². The third-order valence-corrected chi connectivity index (χ3v) is 3.33. The van der Waals surface area contributed by atoms with E-state index in [2.05, 4.69) is 6.58 Å². The Hall–Kier alpha value is -2.83. The summed E-state index contributed by atoms with van der Waals surface area (Å²) < 4.78 is 20.2. The molecule has 0 unspecified atom stereocenters. The molecule has 0 spiro atoms. The van der Waals surface area contributed by atoms with Gasteiger partial charge in [0.05, 0.1) is 18.6 Å². The van der Waals surface area contributed by atoms with E-state index in [0.717, 1.165) is 6.08 Å². The van der Waals surface area contributed by atoms with Gasteiger partial charge in [-0.15, -0.1) is 0 Å². The second-order valence-corrected chi connectivity index (χ2v) is 6.85. The fourth-order valence-electron chi connectivity index (χ4n) is 1.77. The molecule has 0 bridgehead atoms. The Morgan fingerprint density at radius 1 is 1.04 bits per heavy atom. The first kappa shape index (κ1) is 22.2. The lowest BCUT2D eigenvalue weighted by Gasteiger charge is -2.17. The second-order valence-electron chi connectivity index (χ2n) is 6.85. The van der Waals surface area contributed by atoms with E-state index in [9.17, 15) is 14.4 Å². The third-order valence-electron chi connectivity index (χ3n) is 3.33. The van der Waals surface area contributed by atoms with Gasteiger partial charge in [0.25, 0.3) is 0 Å². The lowest BCUT2D eigenvalue weighted by molar-refractivity contribution is -0.143. The van der Waals surface area contributed by atoms with Crippen LogP contribution in [0.4, 0.5) is 4.79 Å². The predicted octanol–water partition coefficient (Wildman–Crippen LogP) is 3.97. The van der Waals surface area contributed by atoms with Crippen LogP contribution in [0, 0.1) is 12.3 Å². The average Bonchev–Trinajstić information content (AvgIpc) is 2.59. The Kier molecular flexibility index (Phi) is 8.51. The maximum atomic E-state index is 11.9. The smallest absolute Gasteiger partial charge is 0.463 e. The van der Waals surface area contributed by atoms with Crippen LogP contribution < -0.4 is 9.47 Å². The van der Waals surface area contributed by atoms with Gasteiger partial charge in [0, 0.05) is 6.08 Å². The molecule has 0 aliphatic rings. The summed E-state index contributed by atoms with van der Waals surface area (Å²) in [4.78, 5) is 34.5. The van der Waals surface area contributed by atoms with E-state index in [0.29, 0.717) is 24.2 Å². The molecule has 7 nitrogen and oxygen atoms in total. The zero-order chi connectivity index (χ0) is 20.4. The summed E-state index contributed by atoms with van der Waals surface area (Å²) in [6.45, 7) is 10.7. The summed E-state index contributed by atoms with van der Waals surface area (Å²) in [6.07, 6.45) is 1.34. The van der Waals surface area contributed by atoms with Crippen molar-refractivity contribution < 1.29 is 33.3 Å². The SMILES string of the molecule is C=CC(=O)OCCCCOC(=O)Oc1ccc(OC(=O)C(C)(C)C)c(C)c1. The maximum absolute atomic E-state index is 11.9. The molecule has 0 fully saturated rings. The minimum atomic E-state index is -0.836. The van der Waals surface area contributed by atoms with Crippen molar-refractivity contribution in [3.63, 3.8) is 0 Å². The molecule has 27 heavy (non-hydrogen) atoms. The first-order valence-electron chi connectivity index (χ1n) is 8.60. The van der Waals surface area contributed by atoms with Crippen LogP contribution in [0.15, 0.2) is 30.9 Å². The fourth-order valence-corrected chi connectivity index (χ4v) is 1.77. The average molecular weight is 378 g/mol. The molecule has 0 radical (unpaired) electrons.